The molecule has 170 valence electrons. The van der Waals surface area contributed by atoms with Crippen molar-refractivity contribution in [2.75, 3.05) is 25.6 Å². The number of nitro benzene ring substituents is 1. The number of hydrogen-bond donors (Lipinski definition) is 2. The molecule has 0 radical (unpaired) electrons. The number of nitrogens with zero attached hydrogens (tertiary/aromatic N) is 3. The molecule has 0 unspecified atom stereocenters. The maximum Gasteiger partial charge on any atom is 0.332 e. The van der Waals surface area contributed by atoms with Gasteiger partial charge >= 0.3 is 17.3 Å². The summed E-state index contributed by atoms with van der Waals surface area (Å²) in [4.78, 5) is 69.6. The molecule has 14 heteroatoms. The molecule has 0 fully saturated rings. The van der Waals surface area contributed by atoms with E-state index >= 15 is 0 Å². The lowest BCUT2D eigenvalue weighted by molar-refractivity contribution is -0.385. The number of carbonyl (C=O) groups excluding carboxylic acids is 3. The van der Waals surface area contributed by atoms with Gasteiger partial charge in [-0.05, 0) is 12.1 Å². The average molecular weight is 449 g/mol. The molecule has 1 aromatic carbocycles. The second kappa shape index (κ2) is 10.0. The van der Waals surface area contributed by atoms with E-state index in [0.29, 0.717) is 0 Å². The van der Waals surface area contributed by atoms with Gasteiger partial charge in [-0.3, -0.25) is 38.4 Å². The van der Waals surface area contributed by atoms with Crippen molar-refractivity contribution >= 4 is 29.3 Å². The Morgan fingerprint density at radius 2 is 1.81 bits per heavy atom. The number of ether oxygens (including phenoxy) is 2. The molecule has 14 nitrogen and oxygen atoms in total. The highest BCUT2D eigenvalue weighted by Gasteiger charge is 2.19. The number of benzene rings is 1. The van der Waals surface area contributed by atoms with E-state index in [-0.39, 0.29) is 17.1 Å². The molecule has 32 heavy (non-hydrogen) atoms. The number of nitro groups is 1. The molecule has 0 aliphatic heterocycles. The van der Waals surface area contributed by atoms with Gasteiger partial charge in [-0.15, -0.1) is 0 Å². The van der Waals surface area contributed by atoms with Crippen molar-refractivity contribution in [2.45, 2.75) is 0 Å². The molecule has 0 saturated carbocycles. The van der Waals surface area contributed by atoms with Crippen molar-refractivity contribution in [3.05, 3.63) is 60.8 Å². The van der Waals surface area contributed by atoms with Crippen LogP contribution in [-0.4, -0.2) is 52.1 Å². The lowest BCUT2D eigenvalue weighted by atomic mass is 10.1. The van der Waals surface area contributed by atoms with Crippen LogP contribution in [-0.2, 0) is 28.4 Å². The summed E-state index contributed by atoms with van der Waals surface area (Å²) in [6.07, 6.45) is 0. The molecule has 2 aromatic rings. The number of hydrogen-bond acceptors (Lipinski definition) is 9. The molecule has 1 aromatic heterocycles. The minimum absolute atomic E-state index is 0.0363. The molecule has 0 spiro atoms. The SMILES string of the molecule is COc1ccc(C(=O)NCC(=O)OCC(=O)Nc2cc(=O)n(C)c(=O)n2C)cc1[N+](=O)[O-]. The summed E-state index contributed by atoms with van der Waals surface area (Å²) in [5, 5.41) is 15.5. The summed E-state index contributed by atoms with van der Waals surface area (Å²) in [5.74, 6) is -2.69. The number of rotatable bonds is 8. The van der Waals surface area contributed by atoms with Gasteiger partial charge in [0.25, 0.3) is 17.4 Å². The van der Waals surface area contributed by atoms with Gasteiger partial charge in [0, 0.05) is 31.8 Å². The number of methoxy groups -OCH3 is 1. The summed E-state index contributed by atoms with van der Waals surface area (Å²) in [5.41, 5.74) is -1.81. The van der Waals surface area contributed by atoms with Crippen LogP contribution in [0.25, 0.3) is 0 Å². The zero-order valence-electron chi connectivity index (χ0n) is 17.2. The van der Waals surface area contributed by atoms with Crippen LogP contribution in [0.15, 0.2) is 33.9 Å². The van der Waals surface area contributed by atoms with Gasteiger partial charge in [0.15, 0.2) is 12.4 Å². The van der Waals surface area contributed by atoms with Crippen LogP contribution in [0.1, 0.15) is 10.4 Å². The first-order valence-corrected chi connectivity index (χ1v) is 8.88. The fourth-order valence-corrected chi connectivity index (χ4v) is 2.46. The van der Waals surface area contributed by atoms with Crippen LogP contribution in [0.2, 0.25) is 0 Å². The third-order valence-corrected chi connectivity index (χ3v) is 4.19. The van der Waals surface area contributed by atoms with Crippen LogP contribution in [0, 0.1) is 10.1 Å². The van der Waals surface area contributed by atoms with E-state index < -0.39 is 52.8 Å². The van der Waals surface area contributed by atoms with E-state index in [1.165, 1.54) is 33.3 Å². The Morgan fingerprint density at radius 3 is 2.44 bits per heavy atom. The maximum absolute atomic E-state index is 12.1. The Kier molecular flexibility index (Phi) is 7.44. The number of nitrogens with one attached hydrogen (secondary N) is 2. The molecule has 0 bridgehead atoms. The van der Waals surface area contributed by atoms with Gasteiger partial charge in [-0.1, -0.05) is 0 Å². The van der Waals surface area contributed by atoms with E-state index in [1.807, 2.05) is 0 Å². The van der Waals surface area contributed by atoms with E-state index in [0.717, 1.165) is 21.3 Å². The van der Waals surface area contributed by atoms with Crippen LogP contribution in [0.3, 0.4) is 0 Å². The van der Waals surface area contributed by atoms with Crippen molar-refractivity contribution in [3.8, 4) is 5.75 Å². The predicted octanol–water partition coefficient (Wildman–Crippen LogP) is -1.09. The number of carbonyl (C=O) groups is 3. The molecule has 0 aliphatic rings. The zero-order chi connectivity index (χ0) is 24.0. The Morgan fingerprint density at radius 1 is 1.12 bits per heavy atom. The largest absolute Gasteiger partial charge is 0.490 e. The number of aromatic nitrogens is 2. The van der Waals surface area contributed by atoms with Gasteiger partial charge in [0.05, 0.1) is 12.0 Å². The molecule has 1 heterocycles. The summed E-state index contributed by atoms with van der Waals surface area (Å²) < 4.78 is 11.4. The smallest absolute Gasteiger partial charge is 0.332 e. The van der Waals surface area contributed by atoms with E-state index in [1.54, 1.807) is 0 Å². The molecule has 2 amide bonds. The second-order valence-corrected chi connectivity index (χ2v) is 6.30. The van der Waals surface area contributed by atoms with Crippen molar-refractivity contribution in [3.63, 3.8) is 0 Å². The predicted molar refractivity (Wildman–Crippen MR) is 108 cm³/mol. The Hall–Kier alpha value is -4.49. The minimum Gasteiger partial charge on any atom is -0.490 e. The normalized spacial score (nSPS) is 10.2. The van der Waals surface area contributed by atoms with Crippen molar-refractivity contribution in [2.24, 2.45) is 14.1 Å². The Bertz CT molecular complexity index is 1200. The molecule has 0 atom stereocenters. The average Bonchev–Trinajstić information content (AvgIpc) is 2.77. The molecular formula is C18H19N5O9. The summed E-state index contributed by atoms with van der Waals surface area (Å²) >= 11 is 0. The van der Waals surface area contributed by atoms with E-state index in [2.05, 4.69) is 10.6 Å². The second-order valence-electron chi connectivity index (χ2n) is 6.30. The van der Waals surface area contributed by atoms with Crippen molar-refractivity contribution in [1.29, 1.82) is 0 Å². The topological polar surface area (TPSA) is 181 Å². The Balaban J connectivity index is 1.90. The standard InChI is InChI=1S/C18H19N5O9/c1-21-13(7-15(25)22(2)18(21)28)20-14(24)9-32-16(26)8-19-17(27)10-4-5-12(31-3)11(6-10)23(29)30/h4-7H,8-9H2,1-3H3,(H,19,27)(H,20,24). The first-order chi connectivity index (χ1) is 15.0. The highest BCUT2D eigenvalue weighted by Crippen LogP contribution is 2.27. The summed E-state index contributed by atoms with van der Waals surface area (Å²) in [6, 6.07) is 4.52. The van der Waals surface area contributed by atoms with Crippen molar-refractivity contribution in [1.82, 2.24) is 14.5 Å². The molecule has 2 rings (SSSR count). The van der Waals surface area contributed by atoms with Crippen LogP contribution in [0.5, 0.6) is 5.75 Å². The molecular weight excluding hydrogens is 430 g/mol. The van der Waals surface area contributed by atoms with Gasteiger partial charge < -0.3 is 20.1 Å². The first kappa shape index (κ1) is 23.8. The number of anilines is 1. The molecule has 2 N–H and O–H groups in total. The minimum atomic E-state index is -0.964. The lowest BCUT2D eigenvalue weighted by Gasteiger charge is -2.11. The number of amides is 2. The van der Waals surface area contributed by atoms with Crippen molar-refractivity contribution < 1.29 is 28.8 Å². The Labute approximate surface area is 179 Å². The van der Waals surface area contributed by atoms with Crippen LogP contribution < -0.4 is 26.6 Å². The molecule has 0 aliphatic carbocycles. The summed E-state index contributed by atoms with van der Waals surface area (Å²) in [6.45, 7) is -1.36. The quantitative estimate of drug-likeness (QED) is 0.287. The van der Waals surface area contributed by atoms with Gasteiger partial charge in [0.1, 0.15) is 12.4 Å². The van der Waals surface area contributed by atoms with Gasteiger partial charge in [-0.25, -0.2) is 4.79 Å². The van der Waals surface area contributed by atoms with Crippen LogP contribution in [0.4, 0.5) is 11.5 Å². The lowest BCUT2D eigenvalue weighted by Crippen LogP contribution is -2.38. The highest BCUT2D eigenvalue weighted by molar-refractivity contribution is 5.97. The fourth-order valence-electron chi connectivity index (χ4n) is 2.46. The van der Waals surface area contributed by atoms with Crippen LogP contribution >= 0.6 is 0 Å². The summed E-state index contributed by atoms with van der Waals surface area (Å²) in [7, 11) is 3.85. The maximum atomic E-state index is 12.1. The highest BCUT2D eigenvalue weighted by atomic mass is 16.6. The van der Waals surface area contributed by atoms with Gasteiger partial charge in [0.2, 0.25) is 0 Å². The third kappa shape index (κ3) is 5.56. The van der Waals surface area contributed by atoms with Gasteiger partial charge in [-0.2, -0.15) is 0 Å². The third-order valence-electron chi connectivity index (χ3n) is 4.19. The number of esters is 1. The fraction of sp³-hybridized carbons (Fsp3) is 0.278. The zero-order valence-corrected chi connectivity index (χ0v) is 17.2. The first-order valence-electron chi connectivity index (χ1n) is 8.88. The molecule has 0 saturated heterocycles. The van der Waals surface area contributed by atoms with E-state index in [4.69, 9.17) is 9.47 Å². The monoisotopic (exact) mass is 449 g/mol. The van der Waals surface area contributed by atoms with E-state index in [9.17, 15) is 34.1 Å².